The molecule has 0 aliphatic heterocycles. The molecule has 0 atom stereocenters. The summed E-state index contributed by atoms with van der Waals surface area (Å²) in [6.45, 7) is 3.54. The fourth-order valence-corrected chi connectivity index (χ4v) is 3.23. The number of amides is 2. The van der Waals surface area contributed by atoms with Crippen LogP contribution in [0.2, 0.25) is 5.02 Å². The number of nitrogens with one attached hydrogen (secondary N) is 1. The van der Waals surface area contributed by atoms with Crippen molar-refractivity contribution in [3.8, 4) is 0 Å². The largest absolute Gasteiger partial charge is 0.331 e. The molecule has 1 aromatic carbocycles. The van der Waals surface area contributed by atoms with E-state index in [1.807, 2.05) is 6.92 Å². The molecule has 0 spiro atoms. The first-order chi connectivity index (χ1) is 10.5. The van der Waals surface area contributed by atoms with Gasteiger partial charge >= 0.3 is 0 Å². The van der Waals surface area contributed by atoms with Gasteiger partial charge in [-0.1, -0.05) is 30.9 Å². The maximum absolute atomic E-state index is 12.3. The summed E-state index contributed by atoms with van der Waals surface area (Å²) in [5.74, 6) is -0.193. The highest BCUT2D eigenvalue weighted by Crippen LogP contribution is 2.23. The molecule has 4 nitrogen and oxygen atoms in total. The van der Waals surface area contributed by atoms with Gasteiger partial charge in [0.15, 0.2) is 0 Å². The summed E-state index contributed by atoms with van der Waals surface area (Å²) >= 11 is 5.92. The first-order valence-electron chi connectivity index (χ1n) is 7.80. The van der Waals surface area contributed by atoms with Crippen LogP contribution < -0.4 is 5.32 Å². The number of nitrogens with zero attached hydrogens (tertiary/aromatic N) is 1. The normalized spacial score (nSPS) is 15.4. The number of aryl methyl sites for hydroxylation is 1. The Kier molecular flexibility index (Phi) is 5.83. The summed E-state index contributed by atoms with van der Waals surface area (Å²) < 4.78 is 0. The van der Waals surface area contributed by atoms with Gasteiger partial charge in [0.1, 0.15) is 6.54 Å². The third-order valence-corrected chi connectivity index (χ3v) is 4.43. The van der Waals surface area contributed by atoms with Gasteiger partial charge in [0.2, 0.25) is 11.8 Å². The van der Waals surface area contributed by atoms with Crippen molar-refractivity contribution >= 4 is 29.1 Å². The smallest absolute Gasteiger partial charge is 0.244 e. The quantitative estimate of drug-likeness (QED) is 0.917. The average molecular weight is 323 g/mol. The second-order valence-electron chi connectivity index (χ2n) is 5.95. The molecule has 1 aliphatic rings. The molecule has 1 saturated carbocycles. The van der Waals surface area contributed by atoms with Gasteiger partial charge in [-0.2, -0.15) is 0 Å². The topological polar surface area (TPSA) is 49.4 Å². The van der Waals surface area contributed by atoms with E-state index in [0.717, 1.165) is 36.9 Å². The maximum Gasteiger partial charge on any atom is 0.244 e. The molecule has 0 aromatic heterocycles. The second kappa shape index (κ2) is 7.63. The molecule has 2 rings (SSSR count). The summed E-state index contributed by atoms with van der Waals surface area (Å²) in [5, 5.41) is 3.51. The number of hydrogen-bond acceptors (Lipinski definition) is 2. The van der Waals surface area contributed by atoms with E-state index in [0.29, 0.717) is 5.02 Å². The fourth-order valence-electron chi connectivity index (χ4n) is 3.00. The number of anilines is 1. The number of carbonyl (C=O) groups excluding carboxylic acids is 2. The van der Waals surface area contributed by atoms with Crippen LogP contribution in [-0.2, 0) is 9.59 Å². The molecule has 0 unspecified atom stereocenters. The third-order valence-electron chi connectivity index (χ3n) is 4.20. The number of benzene rings is 1. The molecular weight excluding hydrogens is 300 g/mol. The minimum absolute atomic E-state index is 0.0325. The van der Waals surface area contributed by atoms with Crippen molar-refractivity contribution in [1.29, 1.82) is 0 Å². The van der Waals surface area contributed by atoms with Gasteiger partial charge in [-0.15, -0.1) is 0 Å². The Balaban J connectivity index is 2.00. The molecule has 0 radical (unpaired) electrons. The Morgan fingerprint density at radius 3 is 2.55 bits per heavy atom. The number of halogens is 1. The molecule has 0 heterocycles. The van der Waals surface area contributed by atoms with Crippen LogP contribution in [0.5, 0.6) is 0 Å². The van der Waals surface area contributed by atoms with Gasteiger partial charge in [0.05, 0.1) is 0 Å². The van der Waals surface area contributed by atoms with Crippen LogP contribution in [0.4, 0.5) is 5.69 Å². The molecule has 2 amide bonds. The van der Waals surface area contributed by atoms with Crippen LogP contribution >= 0.6 is 11.6 Å². The lowest BCUT2D eigenvalue weighted by atomic mass is 9.94. The molecule has 1 aromatic rings. The van der Waals surface area contributed by atoms with Crippen molar-refractivity contribution in [2.24, 2.45) is 0 Å². The lowest BCUT2D eigenvalue weighted by Crippen LogP contribution is -2.44. The van der Waals surface area contributed by atoms with E-state index in [1.165, 1.54) is 13.3 Å². The molecule has 22 heavy (non-hydrogen) atoms. The number of hydrogen-bond donors (Lipinski definition) is 1. The summed E-state index contributed by atoms with van der Waals surface area (Å²) in [7, 11) is 0. The Bertz CT molecular complexity index is 554. The van der Waals surface area contributed by atoms with Gasteiger partial charge in [0.25, 0.3) is 0 Å². The van der Waals surface area contributed by atoms with E-state index in [2.05, 4.69) is 5.32 Å². The molecule has 5 heteroatoms. The predicted octanol–water partition coefficient (Wildman–Crippen LogP) is 3.77. The SMILES string of the molecule is CC(=O)N(CC(=O)Nc1ccc(Cl)cc1C)C1CCCCC1. The van der Waals surface area contributed by atoms with Crippen molar-refractivity contribution in [1.82, 2.24) is 4.90 Å². The molecule has 0 saturated heterocycles. The zero-order chi connectivity index (χ0) is 16.1. The van der Waals surface area contributed by atoms with Crippen LogP contribution in [0, 0.1) is 6.92 Å². The first-order valence-corrected chi connectivity index (χ1v) is 8.18. The standard InChI is InChI=1S/C17H23ClN2O2/c1-12-10-14(18)8-9-16(12)19-17(22)11-20(13(2)21)15-6-4-3-5-7-15/h8-10,15H,3-7,11H2,1-2H3,(H,19,22). The minimum Gasteiger partial charge on any atom is -0.331 e. The van der Waals surface area contributed by atoms with E-state index in [1.54, 1.807) is 23.1 Å². The highest BCUT2D eigenvalue weighted by molar-refractivity contribution is 6.30. The molecule has 1 N–H and O–H groups in total. The summed E-state index contributed by atoms with van der Waals surface area (Å²) in [6.07, 6.45) is 5.47. The highest BCUT2D eigenvalue weighted by Gasteiger charge is 2.25. The van der Waals surface area contributed by atoms with Crippen molar-refractivity contribution in [3.05, 3.63) is 28.8 Å². The predicted molar refractivity (Wildman–Crippen MR) is 89.1 cm³/mol. The molecule has 1 aliphatic carbocycles. The summed E-state index contributed by atoms with van der Waals surface area (Å²) in [6, 6.07) is 5.53. The highest BCUT2D eigenvalue weighted by atomic mass is 35.5. The van der Waals surface area contributed by atoms with E-state index in [9.17, 15) is 9.59 Å². The van der Waals surface area contributed by atoms with Crippen molar-refractivity contribution in [2.75, 3.05) is 11.9 Å². The van der Waals surface area contributed by atoms with Crippen molar-refractivity contribution < 1.29 is 9.59 Å². The third kappa shape index (κ3) is 4.47. The zero-order valence-corrected chi connectivity index (χ0v) is 13.9. The lowest BCUT2D eigenvalue weighted by molar-refractivity contribution is -0.135. The molecule has 1 fully saturated rings. The van der Waals surface area contributed by atoms with E-state index >= 15 is 0 Å². The van der Waals surface area contributed by atoms with Crippen LogP contribution in [-0.4, -0.2) is 29.3 Å². The van der Waals surface area contributed by atoms with Crippen molar-refractivity contribution in [2.45, 2.75) is 52.0 Å². The molecule has 0 bridgehead atoms. The van der Waals surface area contributed by atoms with Gasteiger partial charge in [-0.25, -0.2) is 0 Å². The first kappa shape index (κ1) is 16.8. The van der Waals surface area contributed by atoms with Gasteiger partial charge < -0.3 is 10.2 Å². The van der Waals surface area contributed by atoms with E-state index < -0.39 is 0 Å². The maximum atomic E-state index is 12.3. The summed E-state index contributed by atoms with van der Waals surface area (Å²) in [4.78, 5) is 25.8. The van der Waals surface area contributed by atoms with Crippen LogP contribution in [0.15, 0.2) is 18.2 Å². The van der Waals surface area contributed by atoms with E-state index in [4.69, 9.17) is 11.6 Å². The Morgan fingerprint density at radius 2 is 1.95 bits per heavy atom. The minimum atomic E-state index is -0.161. The Hall–Kier alpha value is -1.55. The van der Waals surface area contributed by atoms with Crippen LogP contribution in [0.3, 0.4) is 0 Å². The van der Waals surface area contributed by atoms with Crippen LogP contribution in [0.25, 0.3) is 0 Å². The Morgan fingerprint density at radius 1 is 1.27 bits per heavy atom. The lowest BCUT2D eigenvalue weighted by Gasteiger charge is -2.33. The Labute approximate surface area is 136 Å². The van der Waals surface area contributed by atoms with Crippen molar-refractivity contribution in [3.63, 3.8) is 0 Å². The van der Waals surface area contributed by atoms with Gasteiger partial charge in [-0.3, -0.25) is 9.59 Å². The fraction of sp³-hybridized carbons (Fsp3) is 0.529. The number of rotatable bonds is 4. The second-order valence-corrected chi connectivity index (χ2v) is 6.38. The van der Waals surface area contributed by atoms with Crippen LogP contribution in [0.1, 0.15) is 44.6 Å². The average Bonchev–Trinajstić information content (AvgIpc) is 2.48. The molecule has 120 valence electrons. The summed E-state index contributed by atoms with van der Waals surface area (Å²) in [5.41, 5.74) is 1.65. The van der Waals surface area contributed by atoms with E-state index in [-0.39, 0.29) is 24.4 Å². The van der Waals surface area contributed by atoms with Gasteiger partial charge in [-0.05, 0) is 43.5 Å². The van der Waals surface area contributed by atoms with Gasteiger partial charge in [0, 0.05) is 23.7 Å². The monoisotopic (exact) mass is 322 g/mol. The zero-order valence-electron chi connectivity index (χ0n) is 13.2. The number of carbonyl (C=O) groups is 2. The molecular formula is C17H23ClN2O2.